The summed E-state index contributed by atoms with van der Waals surface area (Å²) in [5.74, 6) is 0. The van der Waals surface area contributed by atoms with E-state index in [-0.39, 0.29) is 0 Å². The first-order valence-electron chi connectivity index (χ1n) is 6.53. The average Bonchev–Trinajstić information content (AvgIpc) is 2.32. The summed E-state index contributed by atoms with van der Waals surface area (Å²) >= 11 is 0. The van der Waals surface area contributed by atoms with Crippen molar-refractivity contribution in [3.63, 3.8) is 0 Å². The fraction of sp³-hybridized carbons (Fsp3) is 0.571. The molecule has 1 aromatic heterocycles. The molecule has 4 heteroatoms. The highest BCUT2D eigenvalue weighted by molar-refractivity contribution is 5.50. The molecule has 0 aromatic carbocycles. The van der Waals surface area contributed by atoms with Crippen molar-refractivity contribution in [2.45, 2.75) is 33.7 Å². The first kappa shape index (κ1) is 13.0. The van der Waals surface area contributed by atoms with Crippen LogP contribution >= 0.6 is 0 Å². The fourth-order valence-electron chi connectivity index (χ4n) is 2.29. The van der Waals surface area contributed by atoms with Crippen LogP contribution in [0.1, 0.15) is 30.9 Å². The van der Waals surface area contributed by atoms with Gasteiger partial charge in [0.15, 0.2) is 0 Å². The molecule has 1 aromatic rings. The highest BCUT2D eigenvalue weighted by atomic mass is 15.2. The summed E-state index contributed by atoms with van der Waals surface area (Å²) in [6, 6.07) is 0.548. The smallest absolute Gasteiger partial charge is 0.0859 e. The van der Waals surface area contributed by atoms with Crippen LogP contribution in [0.2, 0.25) is 0 Å². The lowest BCUT2D eigenvalue weighted by atomic mass is 10.2. The van der Waals surface area contributed by atoms with Crippen molar-refractivity contribution in [2.75, 3.05) is 19.6 Å². The van der Waals surface area contributed by atoms with Gasteiger partial charge in [0.25, 0.3) is 0 Å². The summed E-state index contributed by atoms with van der Waals surface area (Å²) in [4.78, 5) is 11.3. The first-order valence-corrected chi connectivity index (χ1v) is 6.53. The van der Waals surface area contributed by atoms with Crippen LogP contribution in [0, 0.1) is 13.8 Å². The minimum atomic E-state index is 0.548. The van der Waals surface area contributed by atoms with Gasteiger partial charge in [0.2, 0.25) is 0 Å². The zero-order valence-electron chi connectivity index (χ0n) is 11.7. The van der Waals surface area contributed by atoms with Crippen molar-refractivity contribution in [3.05, 3.63) is 29.0 Å². The van der Waals surface area contributed by atoms with Crippen LogP contribution in [-0.4, -0.2) is 40.5 Å². The van der Waals surface area contributed by atoms with Crippen LogP contribution in [0.25, 0.3) is 6.08 Å². The van der Waals surface area contributed by atoms with Crippen LogP contribution in [0.5, 0.6) is 0 Å². The van der Waals surface area contributed by atoms with E-state index in [1.807, 2.05) is 20.0 Å². The molecular formula is C14H22N4. The Morgan fingerprint density at radius 1 is 1.50 bits per heavy atom. The molecule has 0 radical (unpaired) electrons. The highest BCUT2D eigenvalue weighted by Crippen LogP contribution is 2.13. The van der Waals surface area contributed by atoms with Gasteiger partial charge in [-0.05, 0) is 33.8 Å². The Labute approximate surface area is 109 Å². The number of rotatable bonds is 2. The predicted molar refractivity (Wildman–Crippen MR) is 74.2 cm³/mol. The molecule has 1 aliphatic rings. The third-order valence-electron chi connectivity index (χ3n) is 3.32. The van der Waals surface area contributed by atoms with Crippen molar-refractivity contribution in [1.29, 1.82) is 0 Å². The Hall–Kier alpha value is -1.42. The van der Waals surface area contributed by atoms with Crippen molar-refractivity contribution in [2.24, 2.45) is 0 Å². The molecule has 2 rings (SSSR count). The number of allylic oxidation sites excluding steroid dienone is 1. The van der Waals surface area contributed by atoms with Crippen LogP contribution < -0.4 is 5.32 Å². The molecule has 0 spiro atoms. The summed E-state index contributed by atoms with van der Waals surface area (Å²) in [7, 11) is 0. The number of aryl methyl sites for hydroxylation is 2. The topological polar surface area (TPSA) is 41.1 Å². The van der Waals surface area contributed by atoms with E-state index in [2.05, 4.69) is 40.1 Å². The number of nitrogens with one attached hydrogen (secondary N) is 1. The number of aromatic nitrogens is 2. The van der Waals surface area contributed by atoms with E-state index >= 15 is 0 Å². The Kier molecular flexibility index (Phi) is 3.97. The molecule has 1 saturated heterocycles. The second-order valence-corrected chi connectivity index (χ2v) is 5.07. The van der Waals surface area contributed by atoms with Gasteiger partial charge in [-0.3, -0.25) is 9.97 Å². The zero-order valence-corrected chi connectivity index (χ0v) is 11.7. The van der Waals surface area contributed by atoms with Gasteiger partial charge in [-0.2, -0.15) is 0 Å². The molecule has 18 heavy (non-hydrogen) atoms. The minimum Gasteiger partial charge on any atom is -0.372 e. The lowest BCUT2D eigenvalue weighted by Gasteiger charge is -2.34. The lowest BCUT2D eigenvalue weighted by molar-refractivity contribution is 0.258. The van der Waals surface area contributed by atoms with E-state index in [0.29, 0.717) is 6.04 Å². The van der Waals surface area contributed by atoms with E-state index in [0.717, 1.165) is 36.7 Å². The third kappa shape index (κ3) is 3.07. The normalized spacial score (nSPS) is 21.2. The molecule has 98 valence electrons. The van der Waals surface area contributed by atoms with Crippen LogP contribution in [-0.2, 0) is 0 Å². The Morgan fingerprint density at radius 3 is 2.94 bits per heavy atom. The summed E-state index contributed by atoms with van der Waals surface area (Å²) in [6.45, 7) is 11.5. The van der Waals surface area contributed by atoms with Gasteiger partial charge in [-0.1, -0.05) is 0 Å². The van der Waals surface area contributed by atoms with E-state index in [4.69, 9.17) is 0 Å². The van der Waals surface area contributed by atoms with Gasteiger partial charge in [0, 0.05) is 37.6 Å². The first-order chi connectivity index (χ1) is 8.56. The molecule has 1 fully saturated rings. The molecule has 0 saturated carbocycles. The second-order valence-electron chi connectivity index (χ2n) is 5.07. The van der Waals surface area contributed by atoms with Gasteiger partial charge in [-0.25, -0.2) is 0 Å². The standard InChI is InChI=1S/C14H22N4/c1-10-8-16-14(13(4)17-10)7-12(3)18-6-5-15-11(2)9-18/h7-8,11,15H,5-6,9H2,1-4H3/b12-7+. The van der Waals surface area contributed by atoms with Crippen LogP contribution in [0.15, 0.2) is 11.9 Å². The molecule has 0 amide bonds. The maximum Gasteiger partial charge on any atom is 0.0859 e. The monoisotopic (exact) mass is 246 g/mol. The molecular weight excluding hydrogens is 224 g/mol. The SMILES string of the molecule is C/C(=C\c1ncc(C)nc1C)N1CCNC(C)C1. The second kappa shape index (κ2) is 5.48. The molecule has 1 atom stereocenters. The minimum absolute atomic E-state index is 0.548. The van der Waals surface area contributed by atoms with E-state index in [1.54, 1.807) is 0 Å². The van der Waals surface area contributed by atoms with Gasteiger partial charge in [0.05, 0.1) is 17.1 Å². The largest absolute Gasteiger partial charge is 0.372 e. The molecule has 1 aliphatic heterocycles. The molecule has 0 bridgehead atoms. The fourth-order valence-corrected chi connectivity index (χ4v) is 2.29. The average molecular weight is 246 g/mol. The number of nitrogens with zero attached hydrogens (tertiary/aromatic N) is 3. The van der Waals surface area contributed by atoms with Crippen LogP contribution in [0.4, 0.5) is 0 Å². The molecule has 1 unspecified atom stereocenters. The summed E-state index contributed by atoms with van der Waals surface area (Å²) in [5.41, 5.74) is 4.21. The van der Waals surface area contributed by atoms with E-state index in [1.165, 1.54) is 5.70 Å². The maximum absolute atomic E-state index is 4.45. The molecule has 0 aliphatic carbocycles. The van der Waals surface area contributed by atoms with Gasteiger partial charge in [-0.15, -0.1) is 0 Å². The molecule has 4 nitrogen and oxygen atoms in total. The molecule has 2 heterocycles. The van der Waals surface area contributed by atoms with E-state index in [9.17, 15) is 0 Å². The third-order valence-corrected chi connectivity index (χ3v) is 3.32. The van der Waals surface area contributed by atoms with Gasteiger partial charge < -0.3 is 10.2 Å². The van der Waals surface area contributed by atoms with Crippen molar-refractivity contribution >= 4 is 6.08 Å². The summed E-state index contributed by atoms with van der Waals surface area (Å²) in [5, 5.41) is 3.45. The van der Waals surface area contributed by atoms with Gasteiger partial charge in [0.1, 0.15) is 0 Å². The van der Waals surface area contributed by atoms with Crippen molar-refractivity contribution in [1.82, 2.24) is 20.2 Å². The Bertz CT molecular complexity index is 453. The lowest BCUT2D eigenvalue weighted by Crippen LogP contribution is -2.48. The summed E-state index contributed by atoms with van der Waals surface area (Å²) < 4.78 is 0. The number of hydrogen-bond acceptors (Lipinski definition) is 4. The maximum atomic E-state index is 4.45. The zero-order chi connectivity index (χ0) is 13.1. The van der Waals surface area contributed by atoms with Crippen LogP contribution in [0.3, 0.4) is 0 Å². The van der Waals surface area contributed by atoms with Crippen molar-refractivity contribution < 1.29 is 0 Å². The van der Waals surface area contributed by atoms with Crippen molar-refractivity contribution in [3.8, 4) is 0 Å². The number of hydrogen-bond donors (Lipinski definition) is 1. The quantitative estimate of drug-likeness (QED) is 0.863. The van der Waals surface area contributed by atoms with E-state index < -0.39 is 0 Å². The predicted octanol–water partition coefficient (Wildman–Crippen LogP) is 1.75. The number of piperazine rings is 1. The Morgan fingerprint density at radius 2 is 2.28 bits per heavy atom. The van der Waals surface area contributed by atoms with Gasteiger partial charge >= 0.3 is 0 Å². The highest BCUT2D eigenvalue weighted by Gasteiger charge is 2.15. The molecule has 1 N–H and O–H groups in total. The Balaban J connectivity index is 2.16. The summed E-state index contributed by atoms with van der Waals surface area (Å²) in [6.07, 6.45) is 3.96.